The zero-order valence-electron chi connectivity index (χ0n) is 11.9. The van der Waals surface area contributed by atoms with E-state index in [0.717, 1.165) is 17.9 Å². The molecule has 1 unspecified atom stereocenters. The summed E-state index contributed by atoms with van der Waals surface area (Å²) in [6, 6.07) is 8.18. The number of nitrogens with zero attached hydrogens (tertiary/aromatic N) is 2. The van der Waals surface area contributed by atoms with E-state index >= 15 is 0 Å². The summed E-state index contributed by atoms with van der Waals surface area (Å²) in [6.45, 7) is 8.36. The summed E-state index contributed by atoms with van der Waals surface area (Å²) in [7, 11) is 0. The normalized spacial score (nSPS) is 13.3. The number of aryl methyl sites for hydroxylation is 1. The van der Waals surface area contributed by atoms with Crippen molar-refractivity contribution in [1.82, 2.24) is 14.9 Å². The molecule has 0 aliphatic rings. The van der Waals surface area contributed by atoms with Gasteiger partial charge >= 0.3 is 0 Å². The van der Waals surface area contributed by atoms with E-state index in [4.69, 9.17) is 0 Å². The smallest absolute Gasteiger partial charge is 0.123 e. The van der Waals surface area contributed by atoms with Gasteiger partial charge in [-0.25, -0.2) is 4.98 Å². The first-order chi connectivity index (χ1) is 9.13. The number of hydrogen-bond donors (Lipinski definition) is 2. The Morgan fingerprint density at radius 1 is 1.32 bits per heavy atom. The number of benzene rings is 1. The van der Waals surface area contributed by atoms with Gasteiger partial charge < -0.3 is 15.0 Å². The van der Waals surface area contributed by atoms with Crippen LogP contribution in [0.4, 0.5) is 0 Å². The van der Waals surface area contributed by atoms with Crippen LogP contribution in [0.15, 0.2) is 24.3 Å². The number of aliphatic hydroxyl groups is 1. The molecule has 2 N–H and O–H groups in total. The maximum atomic E-state index is 9.78. The van der Waals surface area contributed by atoms with E-state index in [-0.39, 0.29) is 12.0 Å². The van der Waals surface area contributed by atoms with Gasteiger partial charge in [0.15, 0.2) is 0 Å². The third kappa shape index (κ3) is 3.14. The summed E-state index contributed by atoms with van der Waals surface area (Å²) in [6.07, 6.45) is -0.306. The third-order valence-corrected chi connectivity index (χ3v) is 3.46. The average molecular weight is 261 g/mol. The summed E-state index contributed by atoms with van der Waals surface area (Å²) in [5, 5.41) is 13.1. The fraction of sp³-hybridized carbons (Fsp3) is 0.533. The van der Waals surface area contributed by atoms with E-state index in [1.54, 1.807) is 0 Å². The molecular weight excluding hydrogens is 238 g/mol. The van der Waals surface area contributed by atoms with Crippen LogP contribution in [-0.2, 0) is 13.1 Å². The Bertz CT molecular complexity index is 533. The van der Waals surface area contributed by atoms with E-state index in [0.29, 0.717) is 13.1 Å². The van der Waals surface area contributed by atoms with Crippen LogP contribution in [0.3, 0.4) is 0 Å². The van der Waals surface area contributed by atoms with Gasteiger partial charge in [-0.1, -0.05) is 26.0 Å². The minimum absolute atomic E-state index is 0.275. The Balaban J connectivity index is 2.08. The Morgan fingerprint density at radius 2 is 2.05 bits per heavy atom. The first-order valence-electron chi connectivity index (χ1n) is 6.96. The fourth-order valence-electron chi connectivity index (χ4n) is 2.18. The lowest BCUT2D eigenvalue weighted by molar-refractivity contribution is 0.123. The number of aromatic nitrogens is 2. The van der Waals surface area contributed by atoms with Crippen LogP contribution in [-0.4, -0.2) is 27.3 Å². The zero-order valence-corrected chi connectivity index (χ0v) is 11.9. The van der Waals surface area contributed by atoms with Crippen LogP contribution < -0.4 is 5.32 Å². The molecule has 1 aromatic heterocycles. The Morgan fingerprint density at radius 3 is 2.74 bits per heavy atom. The van der Waals surface area contributed by atoms with E-state index in [2.05, 4.69) is 27.9 Å². The highest BCUT2D eigenvalue weighted by Gasteiger charge is 2.11. The molecule has 104 valence electrons. The van der Waals surface area contributed by atoms with Crippen molar-refractivity contribution in [1.29, 1.82) is 0 Å². The standard InChI is InChI=1S/C15H23N3O/c1-4-18-13-8-6-5-7-12(13)17-15(18)10-16-9-14(19)11(2)3/h5-8,11,14,16,19H,4,9-10H2,1-3H3. The van der Waals surface area contributed by atoms with Gasteiger partial charge in [-0.05, 0) is 25.0 Å². The molecule has 0 aliphatic heterocycles. The second kappa shape index (κ2) is 6.17. The summed E-state index contributed by atoms with van der Waals surface area (Å²) in [4.78, 5) is 4.64. The second-order valence-corrected chi connectivity index (χ2v) is 5.20. The minimum Gasteiger partial charge on any atom is -0.392 e. The minimum atomic E-state index is -0.306. The number of para-hydroxylation sites is 2. The Kier molecular flexibility index (Phi) is 4.56. The molecule has 0 radical (unpaired) electrons. The lowest BCUT2D eigenvalue weighted by Crippen LogP contribution is -2.30. The maximum absolute atomic E-state index is 9.78. The van der Waals surface area contributed by atoms with Crippen LogP contribution in [0, 0.1) is 5.92 Å². The van der Waals surface area contributed by atoms with Crippen LogP contribution in [0.5, 0.6) is 0 Å². The SMILES string of the molecule is CCn1c(CNCC(O)C(C)C)nc2ccccc21. The third-order valence-electron chi connectivity index (χ3n) is 3.46. The predicted octanol–water partition coefficient (Wildman–Crippen LogP) is 2.16. The van der Waals surface area contributed by atoms with Crippen molar-refractivity contribution in [2.75, 3.05) is 6.54 Å². The number of hydrogen-bond acceptors (Lipinski definition) is 3. The highest BCUT2D eigenvalue weighted by molar-refractivity contribution is 5.75. The van der Waals surface area contributed by atoms with Gasteiger partial charge in [0.25, 0.3) is 0 Å². The molecule has 1 heterocycles. The van der Waals surface area contributed by atoms with Crippen LogP contribution >= 0.6 is 0 Å². The molecule has 0 fully saturated rings. The van der Waals surface area contributed by atoms with Crippen LogP contribution in [0.2, 0.25) is 0 Å². The summed E-state index contributed by atoms with van der Waals surface area (Å²) in [5.41, 5.74) is 2.21. The van der Waals surface area contributed by atoms with Crippen molar-refractivity contribution >= 4 is 11.0 Å². The number of nitrogens with one attached hydrogen (secondary N) is 1. The number of rotatable bonds is 6. The van der Waals surface area contributed by atoms with Gasteiger partial charge in [0, 0.05) is 13.1 Å². The highest BCUT2D eigenvalue weighted by atomic mass is 16.3. The molecule has 0 aliphatic carbocycles. The van der Waals surface area contributed by atoms with Gasteiger partial charge in [0.1, 0.15) is 5.82 Å². The van der Waals surface area contributed by atoms with Crippen LogP contribution in [0.25, 0.3) is 11.0 Å². The molecule has 4 heteroatoms. The van der Waals surface area contributed by atoms with Gasteiger partial charge in [0.2, 0.25) is 0 Å². The predicted molar refractivity (Wildman–Crippen MR) is 78.0 cm³/mol. The van der Waals surface area contributed by atoms with Crippen molar-refractivity contribution in [2.24, 2.45) is 5.92 Å². The number of aliphatic hydroxyl groups excluding tert-OH is 1. The highest BCUT2D eigenvalue weighted by Crippen LogP contribution is 2.15. The summed E-state index contributed by atoms with van der Waals surface area (Å²) in [5.74, 6) is 1.30. The molecule has 4 nitrogen and oxygen atoms in total. The molecule has 0 saturated heterocycles. The zero-order chi connectivity index (χ0) is 13.8. The molecule has 1 aromatic carbocycles. The topological polar surface area (TPSA) is 50.1 Å². The fourth-order valence-corrected chi connectivity index (χ4v) is 2.18. The molecule has 0 spiro atoms. The van der Waals surface area contributed by atoms with Crippen LogP contribution in [0.1, 0.15) is 26.6 Å². The quantitative estimate of drug-likeness (QED) is 0.838. The maximum Gasteiger partial charge on any atom is 0.123 e. The van der Waals surface area contributed by atoms with Gasteiger partial charge in [0.05, 0.1) is 23.7 Å². The van der Waals surface area contributed by atoms with Gasteiger partial charge in [-0.15, -0.1) is 0 Å². The molecule has 2 rings (SSSR count). The number of imidazole rings is 1. The van der Waals surface area contributed by atoms with E-state index < -0.39 is 0 Å². The Hall–Kier alpha value is -1.39. The largest absolute Gasteiger partial charge is 0.392 e. The van der Waals surface area contributed by atoms with Crippen molar-refractivity contribution in [3.63, 3.8) is 0 Å². The molecule has 2 aromatic rings. The van der Waals surface area contributed by atoms with E-state index in [1.807, 2.05) is 32.0 Å². The molecular formula is C15H23N3O. The van der Waals surface area contributed by atoms with Gasteiger partial charge in [-0.2, -0.15) is 0 Å². The lowest BCUT2D eigenvalue weighted by Gasteiger charge is -2.15. The molecule has 1 atom stereocenters. The molecule has 19 heavy (non-hydrogen) atoms. The molecule has 0 amide bonds. The summed E-state index contributed by atoms with van der Waals surface area (Å²) < 4.78 is 2.21. The van der Waals surface area contributed by atoms with Crippen molar-refractivity contribution in [3.8, 4) is 0 Å². The van der Waals surface area contributed by atoms with E-state index in [9.17, 15) is 5.11 Å². The average Bonchev–Trinajstić information content (AvgIpc) is 2.75. The second-order valence-electron chi connectivity index (χ2n) is 5.20. The molecule has 0 bridgehead atoms. The van der Waals surface area contributed by atoms with E-state index in [1.165, 1.54) is 5.52 Å². The number of fused-ring (bicyclic) bond motifs is 1. The first-order valence-corrected chi connectivity index (χ1v) is 6.96. The first kappa shape index (κ1) is 14.0. The van der Waals surface area contributed by atoms with Crippen molar-refractivity contribution in [2.45, 2.75) is 40.0 Å². The molecule has 0 saturated carbocycles. The lowest BCUT2D eigenvalue weighted by atomic mass is 10.1. The van der Waals surface area contributed by atoms with Gasteiger partial charge in [-0.3, -0.25) is 0 Å². The van der Waals surface area contributed by atoms with Crippen molar-refractivity contribution < 1.29 is 5.11 Å². The van der Waals surface area contributed by atoms with Crippen molar-refractivity contribution in [3.05, 3.63) is 30.1 Å². The Labute approximate surface area is 114 Å². The summed E-state index contributed by atoms with van der Waals surface area (Å²) >= 11 is 0. The monoisotopic (exact) mass is 261 g/mol.